The van der Waals surface area contributed by atoms with Crippen molar-refractivity contribution < 1.29 is 9.47 Å². The van der Waals surface area contributed by atoms with Gasteiger partial charge in [0, 0.05) is 11.3 Å². The Morgan fingerprint density at radius 2 is 1.76 bits per heavy atom. The summed E-state index contributed by atoms with van der Waals surface area (Å²) in [6.07, 6.45) is 2.03. The molecule has 0 aromatic heterocycles. The van der Waals surface area contributed by atoms with Crippen molar-refractivity contribution in [2.24, 2.45) is 0 Å². The number of hydrogen-bond acceptors (Lipinski definition) is 4. The molecule has 6 heteroatoms. The Labute approximate surface area is 200 Å². The molecule has 3 aromatic rings. The highest BCUT2D eigenvalue weighted by Crippen LogP contribution is 2.37. The van der Waals surface area contributed by atoms with E-state index in [2.05, 4.69) is 42.1 Å². The van der Waals surface area contributed by atoms with Crippen molar-refractivity contribution in [1.82, 2.24) is 10.9 Å². The Bertz CT molecular complexity index is 1190. The first-order valence-corrected chi connectivity index (χ1v) is 11.3. The van der Waals surface area contributed by atoms with Crippen molar-refractivity contribution in [1.29, 1.82) is 0 Å². The number of rotatable bonds is 6. The van der Waals surface area contributed by atoms with Gasteiger partial charge in [-0.05, 0) is 87.4 Å². The molecule has 33 heavy (non-hydrogen) atoms. The van der Waals surface area contributed by atoms with Gasteiger partial charge in [0.25, 0.3) is 0 Å². The smallest absolute Gasteiger partial charge is 0.189 e. The van der Waals surface area contributed by atoms with Crippen LogP contribution >= 0.6 is 12.2 Å². The maximum Gasteiger partial charge on any atom is 0.189 e. The van der Waals surface area contributed by atoms with E-state index in [9.17, 15) is 0 Å². The molecular weight excluding hydrogens is 430 g/mol. The Morgan fingerprint density at radius 1 is 1.00 bits per heavy atom. The second kappa shape index (κ2) is 9.55. The number of hydrogen-bond donors (Lipinski definition) is 3. The fourth-order valence-electron chi connectivity index (χ4n) is 3.60. The van der Waals surface area contributed by atoms with Gasteiger partial charge in [0.15, 0.2) is 5.11 Å². The maximum absolute atomic E-state index is 6.15. The van der Waals surface area contributed by atoms with Gasteiger partial charge in [-0.1, -0.05) is 42.0 Å². The lowest BCUT2D eigenvalue weighted by Crippen LogP contribution is -2.41. The normalized spacial score (nSPS) is 13.8. The zero-order valence-electron chi connectivity index (χ0n) is 19.4. The van der Waals surface area contributed by atoms with Crippen LogP contribution in [-0.4, -0.2) is 10.7 Å². The molecule has 0 amide bonds. The molecule has 1 aliphatic rings. The van der Waals surface area contributed by atoms with Crippen LogP contribution in [0.2, 0.25) is 0 Å². The van der Waals surface area contributed by atoms with Crippen LogP contribution < -0.4 is 25.6 Å². The average Bonchev–Trinajstić information content (AvgIpc) is 2.78. The van der Waals surface area contributed by atoms with E-state index in [1.165, 1.54) is 11.1 Å². The van der Waals surface area contributed by atoms with Crippen LogP contribution in [0.5, 0.6) is 11.5 Å². The summed E-state index contributed by atoms with van der Waals surface area (Å²) >= 11 is 5.46. The van der Waals surface area contributed by atoms with E-state index < -0.39 is 5.60 Å². The molecule has 0 unspecified atom stereocenters. The summed E-state index contributed by atoms with van der Waals surface area (Å²) in [5.74, 6) is 1.56. The Hall–Kier alpha value is -3.51. The van der Waals surface area contributed by atoms with Crippen molar-refractivity contribution in [3.63, 3.8) is 0 Å². The highest BCUT2D eigenvalue weighted by molar-refractivity contribution is 7.80. The predicted molar refractivity (Wildman–Crippen MR) is 138 cm³/mol. The average molecular weight is 460 g/mol. The van der Waals surface area contributed by atoms with E-state index in [4.69, 9.17) is 21.7 Å². The standard InChI is InChI=1S/C27H29N3O2S/c1-18-9-11-21(12-10-18)28-26(33)30-29-24-16-27(3,4)32-25-14-13-22(15-23(24)25)31-17-20-8-6-5-7-19(20)2/h5-16,29H,17H2,1-4H3,(H2,28,30,33). The molecule has 0 aliphatic carbocycles. The summed E-state index contributed by atoms with van der Waals surface area (Å²) in [6.45, 7) is 8.68. The molecule has 0 fully saturated rings. The molecule has 0 radical (unpaired) electrons. The Balaban J connectivity index is 1.47. The number of thiocarbonyl (C=S) groups is 1. The van der Waals surface area contributed by atoms with Gasteiger partial charge in [0.1, 0.15) is 23.7 Å². The van der Waals surface area contributed by atoms with Gasteiger partial charge in [-0.3, -0.25) is 10.9 Å². The quantitative estimate of drug-likeness (QED) is 0.316. The lowest BCUT2D eigenvalue weighted by molar-refractivity contribution is 0.157. The minimum Gasteiger partial charge on any atom is -0.489 e. The Morgan fingerprint density at radius 3 is 2.52 bits per heavy atom. The highest BCUT2D eigenvalue weighted by Gasteiger charge is 2.27. The lowest BCUT2D eigenvalue weighted by Gasteiger charge is -2.32. The van der Waals surface area contributed by atoms with Gasteiger partial charge in [0.2, 0.25) is 0 Å². The third-order valence-electron chi connectivity index (χ3n) is 5.38. The van der Waals surface area contributed by atoms with Gasteiger partial charge in [0.05, 0.1) is 5.70 Å². The first kappa shape index (κ1) is 22.7. The van der Waals surface area contributed by atoms with Crippen LogP contribution in [0.4, 0.5) is 5.69 Å². The number of hydrazine groups is 1. The number of benzene rings is 3. The van der Waals surface area contributed by atoms with Gasteiger partial charge in [-0.25, -0.2) is 0 Å². The first-order valence-electron chi connectivity index (χ1n) is 10.9. The number of aryl methyl sites for hydroxylation is 2. The monoisotopic (exact) mass is 459 g/mol. The number of anilines is 1. The van der Waals surface area contributed by atoms with Crippen molar-refractivity contribution in [2.45, 2.75) is 39.9 Å². The zero-order valence-corrected chi connectivity index (χ0v) is 20.2. The SMILES string of the molecule is Cc1ccc(NC(=S)NNC2=CC(C)(C)Oc3ccc(OCc4ccccc4C)cc32)cc1. The molecular formula is C27H29N3O2S. The van der Waals surface area contributed by atoms with E-state index in [-0.39, 0.29) is 0 Å². The molecule has 170 valence electrons. The largest absolute Gasteiger partial charge is 0.489 e. The molecule has 0 bridgehead atoms. The zero-order chi connectivity index (χ0) is 23.4. The third kappa shape index (κ3) is 5.84. The lowest BCUT2D eigenvalue weighted by atomic mass is 9.99. The summed E-state index contributed by atoms with van der Waals surface area (Å²) < 4.78 is 12.2. The molecule has 4 rings (SSSR count). The summed E-state index contributed by atoms with van der Waals surface area (Å²) in [5.41, 5.74) is 12.1. The van der Waals surface area contributed by atoms with Crippen LogP contribution in [0.3, 0.4) is 0 Å². The minimum absolute atomic E-state index is 0.466. The van der Waals surface area contributed by atoms with Crippen molar-refractivity contribution >= 4 is 28.7 Å². The van der Waals surface area contributed by atoms with Crippen molar-refractivity contribution in [2.75, 3.05) is 5.32 Å². The second-order valence-electron chi connectivity index (χ2n) is 8.71. The Kier molecular flexibility index (Phi) is 6.56. The third-order valence-corrected chi connectivity index (χ3v) is 5.59. The molecule has 0 atom stereocenters. The van der Waals surface area contributed by atoms with E-state index >= 15 is 0 Å². The molecule has 0 saturated heterocycles. The van der Waals surface area contributed by atoms with Crippen LogP contribution in [0, 0.1) is 13.8 Å². The molecule has 3 N–H and O–H groups in total. The maximum atomic E-state index is 6.15. The van der Waals surface area contributed by atoms with E-state index in [1.54, 1.807) is 0 Å². The first-order chi connectivity index (χ1) is 15.8. The minimum atomic E-state index is -0.466. The topological polar surface area (TPSA) is 54.5 Å². The molecule has 5 nitrogen and oxygen atoms in total. The van der Waals surface area contributed by atoms with Crippen molar-refractivity contribution in [3.05, 3.63) is 95.1 Å². The molecule has 0 saturated carbocycles. The molecule has 1 heterocycles. The van der Waals surface area contributed by atoms with E-state index in [0.29, 0.717) is 11.7 Å². The van der Waals surface area contributed by atoms with E-state index in [1.807, 2.05) is 74.5 Å². The van der Waals surface area contributed by atoms with Crippen molar-refractivity contribution in [3.8, 4) is 11.5 Å². The summed E-state index contributed by atoms with van der Waals surface area (Å²) in [5, 5.41) is 3.65. The number of ether oxygens (including phenoxy) is 2. The van der Waals surface area contributed by atoms with Gasteiger partial charge < -0.3 is 14.8 Å². The predicted octanol–water partition coefficient (Wildman–Crippen LogP) is 5.89. The number of nitrogens with one attached hydrogen (secondary N) is 3. The van der Waals surface area contributed by atoms with Crippen LogP contribution in [0.1, 0.15) is 36.1 Å². The van der Waals surface area contributed by atoms with Crippen LogP contribution in [0.15, 0.2) is 72.8 Å². The van der Waals surface area contributed by atoms with Gasteiger partial charge in [-0.2, -0.15) is 0 Å². The molecule has 3 aromatic carbocycles. The fraction of sp³-hybridized carbons (Fsp3) is 0.222. The highest BCUT2D eigenvalue weighted by atomic mass is 32.1. The van der Waals surface area contributed by atoms with Crippen LogP contribution in [-0.2, 0) is 6.61 Å². The second-order valence-corrected chi connectivity index (χ2v) is 9.12. The number of fused-ring (bicyclic) bond motifs is 1. The summed E-state index contributed by atoms with van der Waals surface area (Å²) in [6, 6.07) is 22.2. The summed E-state index contributed by atoms with van der Waals surface area (Å²) in [7, 11) is 0. The van der Waals surface area contributed by atoms with Gasteiger partial charge in [-0.15, -0.1) is 0 Å². The van der Waals surface area contributed by atoms with E-state index in [0.717, 1.165) is 34.0 Å². The molecule has 1 aliphatic heterocycles. The van der Waals surface area contributed by atoms with Crippen LogP contribution in [0.25, 0.3) is 5.70 Å². The fourth-order valence-corrected chi connectivity index (χ4v) is 3.77. The van der Waals surface area contributed by atoms with Gasteiger partial charge >= 0.3 is 0 Å². The summed E-state index contributed by atoms with van der Waals surface area (Å²) in [4.78, 5) is 0. The molecule has 0 spiro atoms.